The molecule has 1 atom stereocenters. The van der Waals surface area contributed by atoms with Crippen molar-refractivity contribution in [2.45, 2.75) is 39.7 Å². The van der Waals surface area contributed by atoms with Gasteiger partial charge < -0.3 is 19.5 Å². The van der Waals surface area contributed by atoms with Gasteiger partial charge in [-0.3, -0.25) is 4.79 Å². The zero-order chi connectivity index (χ0) is 19.6. The summed E-state index contributed by atoms with van der Waals surface area (Å²) < 4.78 is 7.17. The third-order valence-electron chi connectivity index (χ3n) is 4.70. The summed E-state index contributed by atoms with van der Waals surface area (Å²) in [6.45, 7) is 7.06. The zero-order valence-electron chi connectivity index (χ0n) is 16.9. The summed E-state index contributed by atoms with van der Waals surface area (Å²) in [7, 11) is 1.95. The number of aromatic nitrogens is 3. The van der Waals surface area contributed by atoms with E-state index in [4.69, 9.17) is 9.73 Å². The Balaban J connectivity index is 2.06. The van der Waals surface area contributed by atoms with Crippen LogP contribution in [-0.2, 0) is 23.1 Å². The van der Waals surface area contributed by atoms with Crippen molar-refractivity contribution in [1.82, 2.24) is 25.0 Å². The highest BCUT2D eigenvalue weighted by molar-refractivity contribution is 7.98. The first kappa shape index (κ1) is 21.5. The monoisotopic (exact) mass is 396 g/mol. The Morgan fingerprint density at radius 3 is 2.93 bits per heavy atom. The number of thioether (sulfide) groups is 1. The molecule has 0 radical (unpaired) electrons. The molecule has 1 aliphatic rings. The third kappa shape index (κ3) is 6.41. The first-order valence-electron chi connectivity index (χ1n) is 9.60. The summed E-state index contributed by atoms with van der Waals surface area (Å²) in [5, 5.41) is 11.8. The molecule has 1 unspecified atom stereocenters. The average molecular weight is 397 g/mol. The van der Waals surface area contributed by atoms with Crippen molar-refractivity contribution in [3.05, 3.63) is 11.6 Å². The lowest BCUT2D eigenvalue weighted by Crippen LogP contribution is -2.48. The number of nitrogens with one attached hydrogen (secondary N) is 1. The van der Waals surface area contributed by atoms with Crippen LogP contribution in [0.25, 0.3) is 0 Å². The number of esters is 1. The molecule has 0 aliphatic carbocycles. The molecule has 2 rings (SSSR count). The lowest BCUT2D eigenvalue weighted by Gasteiger charge is -2.34. The van der Waals surface area contributed by atoms with Gasteiger partial charge in [0.25, 0.3) is 0 Å². The quantitative estimate of drug-likeness (QED) is 0.309. The summed E-state index contributed by atoms with van der Waals surface area (Å²) in [5.41, 5.74) is 0. The number of carbonyl (C=O) groups excluding carboxylic acids is 1. The van der Waals surface area contributed by atoms with Gasteiger partial charge in [-0.1, -0.05) is 0 Å². The van der Waals surface area contributed by atoms with Gasteiger partial charge in [-0.05, 0) is 45.1 Å². The third-order valence-corrected chi connectivity index (χ3v) is 5.40. The highest BCUT2D eigenvalue weighted by Gasteiger charge is 2.28. The number of nitrogens with zero attached hydrogens (tertiary/aromatic N) is 5. The van der Waals surface area contributed by atoms with E-state index in [9.17, 15) is 4.79 Å². The Morgan fingerprint density at radius 2 is 2.26 bits per heavy atom. The fourth-order valence-corrected chi connectivity index (χ4v) is 3.47. The molecule has 1 saturated heterocycles. The topological polar surface area (TPSA) is 84.6 Å². The minimum atomic E-state index is -0.104. The molecule has 27 heavy (non-hydrogen) atoms. The predicted molar refractivity (Wildman–Crippen MR) is 109 cm³/mol. The van der Waals surface area contributed by atoms with Crippen molar-refractivity contribution in [3.8, 4) is 0 Å². The fourth-order valence-electron chi connectivity index (χ4n) is 3.04. The number of likely N-dealkylation sites (tertiary alicyclic amines) is 1. The molecule has 0 amide bonds. The van der Waals surface area contributed by atoms with Crippen LogP contribution in [-0.4, -0.2) is 69.8 Å². The van der Waals surface area contributed by atoms with Crippen LogP contribution in [0.1, 0.15) is 37.8 Å². The van der Waals surface area contributed by atoms with Gasteiger partial charge in [0.15, 0.2) is 11.8 Å². The van der Waals surface area contributed by atoms with Crippen LogP contribution in [0.4, 0.5) is 0 Å². The number of ether oxygens (including phenoxy) is 1. The average Bonchev–Trinajstić information content (AvgIpc) is 3.00. The van der Waals surface area contributed by atoms with Crippen molar-refractivity contribution in [2.24, 2.45) is 18.0 Å². The van der Waals surface area contributed by atoms with Gasteiger partial charge >= 0.3 is 5.97 Å². The Bertz CT molecular complexity index is 633. The Labute approximate surface area is 166 Å². The van der Waals surface area contributed by atoms with E-state index in [1.807, 2.05) is 37.2 Å². The molecule has 152 valence electrons. The van der Waals surface area contributed by atoms with Crippen molar-refractivity contribution in [3.63, 3.8) is 0 Å². The molecule has 0 saturated carbocycles. The molecule has 1 N–H and O–H groups in total. The molecular weight excluding hydrogens is 364 g/mol. The minimum Gasteiger partial charge on any atom is -0.466 e. The zero-order valence-corrected chi connectivity index (χ0v) is 17.7. The van der Waals surface area contributed by atoms with Gasteiger partial charge in [0.05, 0.1) is 12.5 Å². The van der Waals surface area contributed by atoms with E-state index in [1.165, 1.54) is 0 Å². The van der Waals surface area contributed by atoms with Gasteiger partial charge in [-0.2, -0.15) is 11.8 Å². The van der Waals surface area contributed by atoms with Crippen LogP contribution >= 0.6 is 11.8 Å². The predicted octanol–water partition coefficient (Wildman–Crippen LogP) is 1.60. The maximum atomic E-state index is 12.2. The van der Waals surface area contributed by atoms with Gasteiger partial charge in [-0.25, -0.2) is 4.99 Å². The van der Waals surface area contributed by atoms with E-state index in [0.29, 0.717) is 19.7 Å². The van der Waals surface area contributed by atoms with Crippen molar-refractivity contribution in [1.29, 1.82) is 0 Å². The lowest BCUT2D eigenvalue weighted by molar-refractivity contribution is -0.149. The Hall–Kier alpha value is -1.77. The van der Waals surface area contributed by atoms with Crippen LogP contribution in [0.15, 0.2) is 4.99 Å². The number of rotatable bonds is 8. The molecule has 8 nitrogen and oxygen atoms in total. The summed E-state index contributed by atoms with van der Waals surface area (Å²) in [5.74, 6) is 3.45. The van der Waals surface area contributed by atoms with E-state index in [1.54, 1.807) is 0 Å². The smallest absolute Gasteiger partial charge is 0.310 e. The van der Waals surface area contributed by atoms with Crippen LogP contribution in [0, 0.1) is 12.8 Å². The van der Waals surface area contributed by atoms with Gasteiger partial charge in [-0.15, -0.1) is 10.2 Å². The van der Waals surface area contributed by atoms with Gasteiger partial charge in [0, 0.05) is 26.7 Å². The number of hydrogen-bond donors (Lipinski definition) is 1. The molecular formula is C18H32N6O2S. The van der Waals surface area contributed by atoms with E-state index in [0.717, 1.165) is 55.7 Å². The van der Waals surface area contributed by atoms with Gasteiger partial charge in [0.2, 0.25) is 0 Å². The second-order valence-corrected chi connectivity index (χ2v) is 7.66. The second kappa shape index (κ2) is 11.2. The number of piperidine rings is 1. The molecule has 0 bridgehead atoms. The summed E-state index contributed by atoms with van der Waals surface area (Å²) in [6.07, 6.45) is 5.01. The standard InChI is InChI=1S/C18H32N6O2S/c1-5-26-17(25)15-8-6-10-24(13-15)18(19-9-7-11-27-4)20-12-16-22-21-14(2)23(16)3/h15H,5-13H2,1-4H3,(H,19,20). The maximum Gasteiger partial charge on any atom is 0.310 e. The Kier molecular flexibility index (Phi) is 8.90. The molecule has 1 aliphatic heterocycles. The van der Waals surface area contributed by atoms with Gasteiger partial charge in [0.1, 0.15) is 12.4 Å². The van der Waals surface area contributed by atoms with Crippen molar-refractivity contribution in [2.75, 3.05) is 38.2 Å². The molecule has 0 spiro atoms. The molecule has 9 heteroatoms. The van der Waals surface area contributed by atoms with E-state index in [-0.39, 0.29) is 11.9 Å². The van der Waals surface area contributed by atoms with Crippen LogP contribution in [0.3, 0.4) is 0 Å². The van der Waals surface area contributed by atoms with E-state index >= 15 is 0 Å². The SMILES string of the molecule is CCOC(=O)C1CCCN(C(=NCc2nnc(C)n2C)NCCCSC)C1. The largest absolute Gasteiger partial charge is 0.466 e. The first-order chi connectivity index (χ1) is 13.1. The summed E-state index contributed by atoms with van der Waals surface area (Å²) in [4.78, 5) is 19.1. The number of hydrogen-bond acceptors (Lipinski definition) is 6. The molecule has 2 heterocycles. The number of carbonyl (C=O) groups is 1. The molecule has 1 fully saturated rings. The number of aliphatic imine (C=N–C) groups is 1. The second-order valence-electron chi connectivity index (χ2n) is 6.67. The molecule has 1 aromatic rings. The van der Waals surface area contributed by atoms with Crippen LogP contribution < -0.4 is 5.32 Å². The maximum absolute atomic E-state index is 12.2. The Morgan fingerprint density at radius 1 is 1.44 bits per heavy atom. The van der Waals surface area contributed by atoms with Crippen molar-refractivity contribution >= 4 is 23.7 Å². The van der Waals surface area contributed by atoms with E-state index < -0.39 is 0 Å². The lowest BCUT2D eigenvalue weighted by atomic mass is 9.98. The number of guanidine groups is 1. The summed E-state index contributed by atoms with van der Waals surface area (Å²) >= 11 is 1.84. The fraction of sp³-hybridized carbons (Fsp3) is 0.778. The molecule has 0 aromatic carbocycles. The first-order valence-corrected chi connectivity index (χ1v) is 11.0. The molecule has 1 aromatic heterocycles. The highest BCUT2D eigenvalue weighted by atomic mass is 32.2. The normalized spacial score (nSPS) is 17.9. The van der Waals surface area contributed by atoms with Crippen LogP contribution in [0.2, 0.25) is 0 Å². The van der Waals surface area contributed by atoms with E-state index in [2.05, 4.69) is 26.7 Å². The van der Waals surface area contributed by atoms with Crippen LogP contribution in [0.5, 0.6) is 0 Å². The minimum absolute atomic E-state index is 0.0889. The highest BCUT2D eigenvalue weighted by Crippen LogP contribution is 2.18. The number of aryl methyl sites for hydroxylation is 1. The summed E-state index contributed by atoms with van der Waals surface area (Å²) in [6, 6.07) is 0. The van der Waals surface area contributed by atoms with Crippen molar-refractivity contribution < 1.29 is 9.53 Å².